The molecule has 0 heterocycles. The molecule has 1 unspecified atom stereocenters. The average molecular weight is 263 g/mol. The summed E-state index contributed by atoms with van der Waals surface area (Å²) in [4.78, 5) is 0. The van der Waals surface area contributed by atoms with Crippen LogP contribution in [0, 0.1) is 11.8 Å². The minimum atomic E-state index is 0.707. The highest BCUT2D eigenvalue weighted by molar-refractivity contribution is 9.09. The molecule has 0 spiro atoms. The molecule has 0 N–H and O–H groups in total. The Labute approximate surface area is 96.7 Å². The molecular formula is C12H23BrO. The van der Waals surface area contributed by atoms with Crippen molar-refractivity contribution < 1.29 is 4.74 Å². The Kier molecular flexibility index (Phi) is 6.88. The molecule has 14 heavy (non-hydrogen) atoms. The lowest BCUT2D eigenvalue weighted by atomic mass is 9.90. The van der Waals surface area contributed by atoms with E-state index in [0.717, 1.165) is 24.5 Å². The zero-order valence-corrected chi connectivity index (χ0v) is 10.9. The minimum absolute atomic E-state index is 0.707. The van der Waals surface area contributed by atoms with Crippen molar-refractivity contribution >= 4 is 15.9 Å². The third-order valence-electron chi connectivity index (χ3n) is 3.23. The van der Waals surface area contributed by atoms with E-state index in [1.54, 1.807) is 0 Å². The van der Waals surface area contributed by atoms with Crippen LogP contribution in [0.5, 0.6) is 0 Å². The molecule has 0 saturated heterocycles. The van der Waals surface area contributed by atoms with Gasteiger partial charge in [-0.05, 0) is 24.7 Å². The van der Waals surface area contributed by atoms with Gasteiger partial charge in [0, 0.05) is 11.9 Å². The van der Waals surface area contributed by atoms with Gasteiger partial charge in [-0.15, -0.1) is 0 Å². The number of alkyl halides is 1. The predicted octanol–water partition coefficient (Wildman–Crippen LogP) is 4.00. The Balaban J connectivity index is 2.01. The number of hydrogen-bond donors (Lipinski definition) is 0. The fraction of sp³-hybridized carbons (Fsp3) is 1.00. The van der Waals surface area contributed by atoms with Gasteiger partial charge in [0.2, 0.25) is 0 Å². The third kappa shape index (κ3) is 4.79. The summed E-state index contributed by atoms with van der Waals surface area (Å²) in [7, 11) is 0. The van der Waals surface area contributed by atoms with Crippen LogP contribution in [0.2, 0.25) is 0 Å². The normalized spacial score (nSPS) is 21.0. The highest BCUT2D eigenvalue weighted by Gasteiger charge is 2.14. The van der Waals surface area contributed by atoms with Gasteiger partial charge in [-0.3, -0.25) is 0 Å². The van der Waals surface area contributed by atoms with E-state index in [-0.39, 0.29) is 0 Å². The van der Waals surface area contributed by atoms with E-state index in [4.69, 9.17) is 4.74 Å². The van der Waals surface area contributed by atoms with Gasteiger partial charge in [-0.2, -0.15) is 0 Å². The molecular weight excluding hydrogens is 240 g/mol. The van der Waals surface area contributed by atoms with Crippen LogP contribution in [0.1, 0.15) is 45.4 Å². The Morgan fingerprint density at radius 3 is 2.57 bits per heavy atom. The maximum absolute atomic E-state index is 5.79. The molecule has 1 aliphatic rings. The van der Waals surface area contributed by atoms with Crippen LogP contribution in [0.4, 0.5) is 0 Å². The largest absolute Gasteiger partial charge is 0.381 e. The van der Waals surface area contributed by atoms with Crippen LogP contribution in [0.3, 0.4) is 0 Å². The van der Waals surface area contributed by atoms with Crippen LogP contribution in [0.25, 0.3) is 0 Å². The molecule has 2 heteroatoms. The van der Waals surface area contributed by atoms with Gasteiger partial charge in [0.15, 0.2) is 0 Å². The molecule has 0 amide bonds. The third-order valence-corrected chi connectivity index (χ3v) is 4.14. The van der Waals surface area contributed by atoms with Crippen LogP contribution >= 0.6 is 15.9 Å². The summed E-state index contributed by atoms with van der Waals surface area (Å²) >= 11 is 3.52. The van der Waals surface area contributed by atoms with Gasteiger partial charge in [-0.1, -0.05) is 48.5 Å². The predicted molar refractivity (Wildman–Crippen MR) is 65.0 cm³/mol. The Morgan fingerprint density at radius 1 is 1.29 bits per heavy atom. The highest BCUT2D eigenvalue weighted by Crippen LogP contribution is 2.23. The molecule has 0 radical (unpaired) electrons. The van der Waals surface area contributed by atoms with Gasteiger partial charge in [-0.25, -0.2) is 0 Å². The van der Waals surface area contributed by atoms with Gasteiger partial charge < -0.3 is 4.74 Å². The maximum Gasteiger partial charge on any atom is 0.0502 e. The van der Waals surface area contributed by atoms with Crippen molar-refractivity contribution in [1.29, 1.82) is 0 Å². The monoisotopic (exact) mass is 262 g/mol. The summed E-state index contributed by atoms with van der Waals surface area (Å²) < 4.78 is 5.79. The van der Waals surface area contributed by atoms with E-state index in [2.05, 4.69) is 22.9 Å². The van der Waals surface area contributed by atoms with E-state index in [1.807, 2.05) is 0 Å². The van der Waals surface area contributed by atoms with Gasteiger partial charge in [0.1, 0.15) is 0 Å². The first-order valence-electron chi connectivity index (χ1n) is 6.00. The lowest BCUT2D eigenvalue weighted by Crippen LogP contribution is -2.17. The standard InChI is InChI=1S/C12H23BrO/c1-2-11(8-13)9-14-10-12-6-4-3-5-7-12/h11-12H,2-10H2,1H3. The second-order valence-electron chi connectivity index (χ2n) is 4.47. The maximum atomic E-state index is 5.79. The first-order valence-corrected chi connectivity index (χ1v) is 7.12. The molecule has 84 valence electrons. The first-order chi connectivity index (χ1) is 6.86. The Bertz CT molecular complexity index is 128. The topological polar surface area (TPSA) is 9.23 Å². The van der Waals surface area contributed by atoms with Gasteiger partial charge in [0.25, 0.3) is 0 Å². The summed E-state index contributed by atoms with van der Waals surface area (Å²) in [6, 6.07) is 0. The van der Waals surface area contributed by atoms with E-state index in [9.17, 15) is 0 Å². The fourth-order valence-corrected chi connectivity index (χ4v) is 2.67. The zero-order chi connectivity index (χ0) is 10.2. The van der Waals surface area contributed by atoms with Crippen LogP contribution in [-0.4, -0.2) is 18.5 Å². The van der Waals surface area contributed by atoms with Crippen LogP contribution < -0.4 is 0 Å². The molecule has 1 aliphatic carbocycles. The second kappa shape index (κ2) is 7.70. The molecule has 1 saturated carbocycles. The number of halogens is 1. The summed E-state index contributed by atoms with van der Waals surface area (Å²) in [6.07, 6.45) is 8.29. The Morgan fingerprint density at radius 2 is 2.00 bits per heavy atom. The van der Waals surface area contributed by atoms with E-state index in [1.165, 1.54) is 38.5 Å². The van der Waals surface area contributed by atoms with E-state index < -0.39 is 0 Å². The summed E-state index contributed by atoms with van der Waals surface area (Å²) in [6.45, 7) is 4.18. The minimum Gasteiger partial charge on any atom is -0.381 e. The van der Waals surface area contributed by atoms with Crippen molar-refractivity contribution in [3.05, 3.63) is 0 Å². The van der Waals surface area contributed by atoms with Crippen LogP contribution in [-0.2, 0) is 4.74 Å². The molecule has 0 aliphatic heterocycles. The molecule has 0 aromatic carbocycles. The van der Waals surface area contributed by atoms with Crippen molar-refractivity contribution in [2.24, 2.45) is 11.8 Å². The number of hydrogen-bond acceptors (Lipinski definition) is 1. The first kappa shape index (κ1) is 12.5. The fourth-order valence-electron chi connectivity index (χ4n) is 2.03. The smallest absolute Gasteiger partial charge is 0.0502 e. The number of ether oxygens (including phenoxy) is 1. The molecule has 0 aromatic rings. The van der Waals surface area contributed by atoms with E-state index >= 15 is 0 Å². The lowest BCUT2D eigenvalue weighted by Gasteiger charge is -2.22. The molecule has 0 bridgehead atoms. The molecule has 1 rings (SSSR count). The highest BCUT2D eigenvalue weighted by atomic mass is 79.9. The van der Waals surface area contributed by atoms with E-state index in [0.29, 0.717) is 5.92 Å². The van der Waals surface area contributed by atoms with Crippen molar-refractivity contribution in [2.75, 3.05) is 18.5 Å². The summed E-state index contributed by atoms with van der Waals surface area (Å²) in [5, 5.41) is 1.08. The van der Waals surface area contributed by atoms with Gasteiger partial charge >= 0.3 is 0 Å². The number of rotatable bonds is 6. The quantitative estimate of drug-likeness (QED) is 0.658. The zero-order valence-electron chi connectivity index (χ0n) is 9.30. The van der Waals surface area contributed by atoms with Gasteiger partial charge in [0.05, 0.1) is 6.61 Å². The van der Waals surface area contributed by atoms with Crippen molar-refractivity contribution in [1.82, 2.24) is 0 Å². The summed E-state index contributed by atoms with van der Waals surface area (Å²) in [5.41, 5.74) is 0. The van der Waals surface area contributed by atoms with Crippen molar-refractivity contribution in [3.63, 3.8) is 0 Å². The summed E-state index contributed by atoms with van der Waals surface area (Å²) in [5.74, 6) is 1.56. The molecule has 1 fully saturated rings. The Hall–Kier alpha value is 0.440. The molecule has 1 atom stereocenters. The molecule has 0 aromatic heterocycles. The van der Waals surface area contributed by atoms with Crippen molar-refractivity contribution in [3.8, 4) is 0 Å². The second-order valence-corrected chi connectivity index (χ2v) is 5.12. The SMILES string of the molecule is CCC(CBr)COCC1CCCCC1. The van der Waals surface area contributed by atoms with Crippen LogP contribution in [0.15, 0.2) is 0 Å². The van der Waals surface area contributed by atoms with Crippen molar-refractivity contribution in [2.45, 2.75) is 45.4 Å². The molecule has 1 nitrogen and oxygen atoms in total. The lowest BCUT2D eigenvalue weighted by molar-refractivity contribution is 0.0646. The average Bonchev–Trinajstić information content (AvgIpc) is 2.26.